The molecule has 0 fully saturated rings. The van der Waals surface area contributed by atoms with Crippen molar-refractivity contribution < 1.29 is 14.2 Å². The fourth-order valence-electron chi connectivity index (χ4n) is 1.30. The summed E-state index contributed by atoms with van der Waals surface area (Å²) >= 11 is 0. The van der Waals surface area contributed by atoms with Crippen LogP contribution in [-0.2, 0) is 14.2 Å². The Morgan fingerprint density at radius 3 is 2.00 bits per heavy atom. The molecular weight excluding hydrogens is 218 g/mol. The highest BCUT2D eigenvalue weighted by atomic mass is 16.5. The van der Waals surface area contributed by atoms with E-state index >= 15 is 0 Å². The van der Waals surface area contributed by atoms with Crippen molar-refractivity contribution in [1.29, 1.82) is 0 Å². The van der Waals surface area contributed by atoms with Crippen LogP contribution in [0.4, 0.5) is 0 Å². The summed E-state index contributed by atoms with van der Waals surface area (Å²) in [5.74, 6) is 0. The van der Waals surface area contributed by atoms with E-state index in [2.05, 4.69) is 20.8 Å². The number of methoxy groups -OCH3 is 1. The maximum Gasteiger partial charge on any atom is 0.0701 e. The molecular formula is C13H29NO3. The van der Waals surface area contributed by atoms with E-state index in [1.165, 1.54) is 0 Å². The smallest absolute Gasteiger partial charge is 0.0701 e. The third-order valence-electron chi connectivity index (χ3n) is 2.72. The zero-order valence-corrected chi connectivity index (χ0v) is 11.8. The fraction of sp³-hybridized carbons (Fsp3) is 1.00. The molecule has 0 aromatic heterocycles. The van der Waals surface area contributed by atoms with E-state index in [-0.39, 0.29) is 11.5 Å². The van der Waals surface area contributed by atoms with Gasteiger partial charge in [0.1, 0.15) is 0 Å². The van der Waals surface area contributed by atoms with Crippen LogP contribution in [0.2, 0.25) is 0 Å². The molecule has 0 amide bonds. The van der Waals surface area contributed by atoms with Gasteiger partial charge in [0.2, 0.25) is 0 Å². The van der Waals surface area contributed by atoms with Crippen molar-refractivity contribution >= 4 is 0 Å². The van der Waals surface area contributed by atoms with Gasteiger partial charge in [-0.15, -0.1) is 0 Å². The maximum atomic E-state index is 6.05. The molecule has 0 radical (unpaired) electrons. The normalized spacial score (nSPS) is 13.9. The number of ether oxygens (including phenoxy) is 3. The molecule has 0 saturated carbocycles. The highest BCUT2D eigenvalue weighted by Crippen LogP contribution is 2.20. The lowest BCUT2D eigenvalue weighted by Crippen LogP contribution is -2.35. The van der Waals surface area contributed by atoms with Gasteiger partial charge in [-0.3, -0.25) is 0 Å². The van der Waals surface area contributed by atoms with Crippen LogP contribution in [-0.4, -0.2) is 46.2 Å². The predicted octanol–water partition coefficient (Wildman–Crippen LogP) is 1.82. The first-order valence-corrected chi connectivity index (χ1v) is 6.38. The van der Waals surface area contributed by atoms with E-state index in [1.807, 2.05) is 0 Å². The largest absolute Gasteiger partial charge is 0.382 e. The summed E-state index contributed by atoms with van der Waals surface area (Å²) in [6.07, 6.45) is 2.02. The van der Waals surface area contributed by atoms with Crippen LogP contribution in [0.25, 0.3) is 0 Å². The molecule has 4 heteroatoms. The quantitative estimate of drug-likeness (QED) is 0.598. The van der Waals surface area contributed by atoms with E-state index in [0.717, 1.165) is 19.4 Å². The first kappa shape index (κ1) is 16.8. The van der Waals surface area contributed by atoms with E-state index in [4.69, 9.17) is 19.9 Å². The van der Waals surface area contributed by atoms with Crippen LogP contribution in [0, 0.1) is 5.41 Å². The SMILES string of the molecule is COCCOCCOCCCC(N)C(C)(C)C. The molecule has 0 bridgehead atoms. The lowest BCUT2D eigenvalue weighted by atomic mass is 9.85. The maximum absolute atomic E-state index is 6.05. The lowest BCUT2D eigenvalue weighted by molar-refractivity contribution is 0.0233. The molecule has 0 aromatic carbocycles. The van der Waals surface area contributed by atoms with Gasteiger partial charge in [0.15, 0.2) is 0 Å². The predicted molar refractivity (Wildman–Crippen MR) is 70.2 cm³/mol. The summed E-state index contributed by atoms with van der Waals surface area (Å²) in [6.45, 7) is 9.82. The van der Waals surface area contributed by atoms with Gasteiger partial charge in [-0.2, -0.15) is 0 Å². The van der Waals surface area contributed by atoms with Gasteiger partial charge in [0.05, 0.1) is 26.4 Å². The number of hydrogen-bond acceptors (Lipinski definition) is 4. The summed E-state index contributed by atoms with van der Waals surface area (Å²) in [5, 5.41) is 0. The average molecular weight is 247 g/mol. The second-order valence-corrected chi connectivity index (χ2v) is 5.33. The molecule has 0 aliphatic heterocycles. The van der Waals surface area contributed by atoms with Gasteiger partial charge in [0.25, 0.3) is 0 Å². The minimum Gasteiger partial charge on any atom is -0.382 e. The Labute approximate surface area is 106 Å². The van der Waals surface area contributed by atoms with Crippen LogP contribution in [0.1, 0.15) is 33.6 Å². The Morgan fingerprint density at radius 2 is 1.47 bits per heavy atom. The van der Waals surface area contributed by atoms with Crippen molar-refractivity contribution in [3.8, 4) is 0 Å². The van der Waals surface area contributed by atoms with Crippen LogP contribution >= 0.6 is 0 Å². The third-order valence-corrected chi connectivity index (χ3v) is 2.72. The third kappa shape index (κ3) is 10.7. The lowest BCUT2D eigenvalue weighted by Gasteiger charge is -2.26. The van der Waals surface area contributed by atoms with Crippen LogP contribution < -0.4 is 5.73 Å². The molecule has 4 nitrogen and oxygen atoms in total. The summed E-state index contributed by atoms with van der Waals surface area (Å²) < 4.78 is 15.6. The Bertz CT molecular complexity index is 169. The topological polar surface area (TPSA) is 53.7 Å². The van der Waals surface area contributed by atoms with Gasteiger partial charge in [-0.05, 0) is 18.3 Å². The molecule has 0 aromatic rings. The highest BCUT2D eigenvalue weighted by Gasteiger charge is 2.19. The van der Waals surface area contributed by atoms with Gasteiger partial charge in [-0.25, -0.2) is 0 Å². The van der Waals surface area contributed by atoms with Crippen molar-refractivity contribution in [3.63, 3.8) is 0 Å². The standard InChI is InChI=1S/C13H29NO3/c1-13(2,3)12(14)6-5-7-16-10-11-17-9-8-15-4/h12H,5-11,14H2,1-4H3. The number of nitrogens with two attached hydrogens (primary N) is 1. The Morgan fingerprint density at radius 1 is 0.941 bits per heavy atom. The van der Waals surface area contributed by atoms with Crippen molar-refractivity contribution in [1.82, 2.24) is 0 Å². The van der Waals surface area contributed by atoms with Crippen LogP contribution in [0.3, 0.4) is 0 Å². The van der Waals surface area contributed by atoms with E-state index in [1.54, 1.807) is 7.11 Å². The number of hydrogen-bond donors (Lipinski definition) is 1. The molecule has 1 unspecified atom stereocenters. The van der Waals surface area contributed by atoms with Gasteiger partial charge < -0.3 is 19.9 Å². The zero-order valence-electron chi connectivity index (χ0n) is 11.8. The molecule has 0 aliphatic rings. The number of rotatable bonds is 10. The molecule has 0 saturated heterocycles. The molecule has 0 aliphatic carbocycles. The van der Waals surface area contributed by atoms with E-state index in [9.17, 15) is 0 Å². The monoisotopic (exact) mass is 247 g/mol. The minimum absolute atomic E-state index is 0.184. The van der Waals surface area contributed by atoms with Crippen molar-refractivity contribution in [2.75, 3.05) is 40.1 Å². The minimum atomic E-state index is 0.184. The average Bonchev–Trinajstić information content (AvgIpc) is 2.25. The summed E-state index contributed by atoms with van der Waals surface area (Å²) in [5.41, 5.74) is 6.24. The Balaban J connectivity index is 3.19. The molecule has 0 heterocycles. The first-order chi connectivity index (χ1) is 7.98. The molecule has 0 spiro atoms. The summed E-state index contributed by atoms with van der Waals surface area (Å²) in [6, 6.07) is 0.240. The summed E-state index contributed by atoms with van der Waals surface area (Å²) in [4.78, 5) is 0. The molecule has 2 N–H and O–H groups in total. The highest BCUT2D eigenvalue weighted by molar-refractivity contribution is 4.76. The van der Waals surface area contributed by atoms with Crippen molar-refractivity contribution in [2.45, 2.75) is 39.7 Å². The van der Waals surface area contributed by atoms with Gasteiger partial charge in [-0.1, -0.05) is 20.8 Å². The molecule has 0 rings (SSSR count). The molecule has 17 heavy (non-hydrogen) atoms. The molecule has 104 valence electrons. The zero-order chi connectivity index (χ0) is 13.1. The second kappa shape index (κ2) is 9.83. The van der Waals surface area contributed by atoms with E-state index < -0.39 is 0 Å². The van der Waals surface area contributed by atoms with Gasteiger partial charge in [0, 0.05) is 19.8 Å². The molecule has 1 atom stereocenters. The van der Waals surface area contributed by atoms with Gasteiger partial charge >= 0.3 is 0 Å². The van der Waals surface area contributed by atoms with Crippen LogP contribution in [0.5, 0.6) is 0 Å². The van der Waals surface area contributed by atoms with Crippen molar-refractivity contribution in [2.24, 2.45) is 11.1 Å². The second-order valence-electron chi connectivity index (χ2n) is 5.33. The Hall–Kier alpha value is -0.160. The Kier molecular flexibility index (Phi) is 9.74. The van der Waals surface area contributed by atoms with Crippen molar-refractivity contribution in [3.05, 3.63) is 0 Å². The first-order valence-electron chi connectivity index (χ1n) is 6.38. The fourth-order valence-corrected chi connectivity index (χ4v) is 1.30. The van der Waals surface area contributed by atoms with Crippen LogP contribution in [0.15, 0.2) is 0 Å². The van der Waals surface area contributed by atoms with E-state index in [0.29, 0.717) is 26.4 Å². The summed E-state index contributed by atoms with van der Waals surface area (Å²) in [7, 11) is 1.66.